The molecule has 2 heterocycles. The first kappa shape index (κ1) is 17.7. The van der Waals surface area contributed by atoms with E-state index in [-0.39, 0.29) is 23.0 Å². The molecule has 2 aromatic carbocycles. The van der Waals surface area contributed by atoms with E-state index in [1.807, 2.05) is 19.1 Å². The van der Waals surface area contributed by atoms with E-state index in [1.165, 1.54) is 12.1 Å². The first-order chi connectivity index (χ1) is 12.9. The van der Waals surface area contributed by atoms with Crippen LogP contribution in [0.2, 0.25) is 0 Å². The van der Waals surface area contributed by atoms with Crippen LogP contribution in [0.1, 0.15) is 23.6 Å². The quantitative estimate of drug-likeness (QED) is 0.249. The van der Waals surface area contributed by atoms with Crippen LogP contribution in [-0.4, -0.2) is 32.9 Å². The number of benzene rings is 2. The fourth-order valence-electron chi connectivity index (χ4n) is 3.23. The summed E-state index contributed by atoms with van der Waals surface area (Å²) in [6.45, 7) is 2.12. The second kappa shape index (κ2) is 6.79. The number of fused-ring (bicyclic) bond motifs is 2. The lowest BCUT2D eigenvalue weighted by molar-refractivity contribution is -0.384. The number of hydrogen-bond donors (Lipinski definition) is 0. The minimum atomic E-state index is -0.437. The number of ether oxygens (including phenoxy) is 2. The zero-order chi connectivity index (χ0) is 19.1. The largest absolute Gasteiger partial charge is 0.454 e. The van der Waals surface area contributed by atoms with Gasteiger partial charge in [-0.05, 0) is 43.3 Å². The van der Waals surface area contributed by atoms with Crippen molar-refractivity contribution in [3.05, 3.63) is 63.2 Å². The van der Waals surface area contributed by atoms with Crippen LogP contribution >= 0.6 is 23.8 Å². The molecule has 4 rings (SSSR count). The zero-order valence-corrected chi connectivity index (χ0v) is 15.8. The molecule has 27 heavy (non-hydrogen) atoms. The number of rotatable bonds is 2. The van der Waals surface area contributed by atoms with E-state index in [2.05, 4.69) is 5.10 Å². The molecule has 0 spiro atoms. The van der Waals surface area contributed by atoms with E-state index in [0.29, 0.717) is 29.2 Å². The van der Waals surface area contributed by atoms with Crippen molar-refractivity contribution in [1.82, 2.24) is 5.01 Å². The number of hydrogen-bond acceptors (Lipinski definition) is 6. The molecule has 0 aromatic heterocycles. The van der Waals surface area contributed by atoms with Gasteiger partial charge in [-0.3, -0.25) is 10.1 Å². The van der Waals surface area contributed by atoms with Crippen LogP contribution < -0.4 is 9.47 Å². The number of thiocarbonyl (C=S) groups is 1. The second-order valence-electron chi connectivity index (χ2n) is 6.27. The van der Waals surface area contributed by atoms with Crippen LogP contribution in [0.3, 0.4) is 0 Å². The fourth-order valence-corrected chi connectivity index (χ4v) is 3.66. The van der Waals surface area contributed by atoms with Gasteiger partial charge in [0.25, 0.3) is 5.69 Å². The lowest BCUT2D eigenvalue weighted by Crippen LogP contribution is -2.31. The van der Waals surface area contributed by atoms with Gasteiger partial charge in [0.15, 0.2) is 15.9 Å². The van der Waals surface area contributed by atoms with Crippen LogP contribution in [0.5, 0.6) is 11.5 Å². The van der Waals surface area contributed by atoms with E-state index in [4.69, 9.17) is 33.3 Å². The summed E-state index contributed by atoms with van der Waals surface area (Å²) in [4.78, 5) is 10.8. The van der Waals surface area contributed by atoms with Gasteiger partial charge in [-0.2, -0.15) is 5.10 Å². The summed E-state index contributed by atoms with van der Waals surface area (Å²) in [5.74, 6) is 1.28. The Bertz CT molecular complexity index is 995. The van der Waals surface area contributed by atoms with Crippen molar-refractivity contribution in [1.29, 1.82) is 0 Å². The van der Waals surface area contributed by atoms with Crippen molar-refractivity contribution >= 4 is 39.7 Å². The van der Waals surface area contributed by atoms with Crippen LogP contribution in [-0.2, 0) is 6.42 Å². The molecule has 1 atom stereocenters. The number of nitrogens with zero attached hydrogens (tertiary/aromatic N) is 3. The standard InChI is InChI=1S/C18H14ClN3O4S/c1-10-5-12-7-15-16(26-9-25-15)8-14(12)17(20-21(10)18(19)27)11-3-2-4-13(6-11)22(23)24/h2-4,6-8,10H,5,9H2,1H3. The van der Waals surface area contributed by atoms with Crippen molar-refractivity contribution in [2.24, 2.45) is 5.10 Å². The minimum absolute atomic E-state index is 0.0187. The van der Waals surface area contributed by atoms with Gasteiger partial charge in [0.1, 0.15) is 0 Å². The first-order valence-electron chi connectivity index (χ1n) is 8.19. The molecule has 2 aromatic rings. The van der Waals surface area contributed by atoms with Crippen LogP contribution in [0, 0.1) is 10.1 Å². The topological polar surface area (TPSA) is 77.2 Å². The highest BCUT2D eigenvalue weighted by molar-refractivity contribution is 7.83. The maximum absolute atomic E-state index is 11.2. The van der Waals surface area contributed by atoms with E-state index >= 15 is 0 Å². The number of hydrazone groups is 1. The number of halogens is 1. The monoisotopic (exact) mass is 403 g/mol. The summed E-state index contributed by atoms with van der Waals surface area (Å²) in [5.41, 5.74) is 2.90. The molecule has 0 fully saturated rings. The van der Waals surface area contributed by atoms with Crippen LogP contribution in [0.4, 0.5) is 5.69 Å². The van der Waals surface area contributed by atoms with Crippen molar-refractivity contribution in [2.75, 3.05) is 6.79 Å². The summed E-state index contributed by atoms with van der Waals surface area (Å²) in [7, 11) is 0. The summed E-state index contributed by atoms with van der Waals surface area (Å²) in [5, 5.41) is 17.4. The third-order valence-corrected chi connectivity index (χ3v) is 4.86. The van der Waals surface area contributed by atoms with Gasteiger partial charge in [0.05, 0.1) is 16.7 Å². The predicted octanol–water partition coefficient (Wildman–Crippen LogP) is 3.85. The van der Waals surface area contributed by atoms with Gasteiger partial charge in [0.2, 0.25) is 6.79 Å². The van der Waals surface area contributed by atoms with Gasteiger partial charge in [-0.15, -0.1) is 0 Å². The van der Waals surface area contributed by atoms with Crippen molar-refractivity contribution in [3.63, 3.8) is 0 Å². The molecule has 0 bridgehead atoms. The Kier molecular flexibility index (Phi) is 4.45. The third-order valence-electron chi connectivity index (χ3n) is 4.50. The Morgan fingerprint density at radius 2 is 2.07 bits per heavy atom. The van der Waals surface area contributed by atoms with E-state index in [9.17, 15) is 10.1 Å². The molecular weight excluding hydrogens is 390 g/mol. The van der Waals surface area contributed by atoms with E-state index in [1.54, 1.807) is 17.1 Å². The first-order valence-corrected chi connectivity index (χ1v) is 8.97. The molecule has 138 valence electrons. The lowest BCUT2D eigenvalue weighted by atomic mass is 9.94. The Labute approximate surface area is 165 Å². The zero-order valence-electron chi connectivity index (χ0n) is 14.2. The van der Waals surface area contributed by atoms with Crippen molar-refractivity contribution in [2.45, 2.75) is 19.4 Å². The Balaban J connectivity index is 1.93. The lowest BCUT2D eigenvalue weighted by Gasteiger charge is -2.22. The van der Waals surface area contributed by atoms with Gasteiger partial charge >= 0.3 is 0 Å². The Morgan fingerprint density at radius 3 is 2.78 bits per heavy atom. The SMILES string of the molecule is CC1Cc2cc3c(cc2C(c2cccc([N+](=O)[O-])c2)=NN1C(=S)Cl)OCO3. The number of nitro benzene ring substituents is 1. The molecule has 7 nitrogen and oxygen atoms in total. The molecule has 0 amide bonds. The fraction of sp³-hybridized carbons (Fsp3) is 0.222. The molecule has 0 saturated carbocycles. The normalized spacial score (nSPS) is 17.8. The number of non-ortho nitro benzene ring substituents is 1. The van der Waals surface area contributed by atoms with Crippen LogP contribution in [0.25, 0.3) is 0 Å². The second-order valence-corrected chi connectivity index (χ2v) is 7.24. The molecule has 0 radical (unpaired) electrons. The summed E-state index contributed by atoms with van der Waals surface area (Å²) in [6.07, 6.45) is 0.626. The summed E-state index contributed by atoms with van der Waals surface area (Å²) < 4.78 is 11.1. The Hall–Kier alpha value is -2.71. The average molecular weight is 404 g/mol. The molecule has 2 aliphatic heterocycles. The van der Waals surface area contributed by atoms with Gasteiger partial charge < -0.3 is 9.47 Å². The smallest absolute Gasteiger partial charge is 0.270 e. The van der Waals surface area contributed by atoms with E-state index < -0.39 is 4.92 Å². The van der Waals surface area contributed by atoms with Gasteiger partial charge in [-0.25, -0.2) is 5.01 Å². The summed E-state index contributed by atoms with van der Waals surface area (Å²) in [6, 6.07) is 9.99. The molecular formula is C18H14ClN3O4S. The van der Waals surface area contributed by atoms with Gasteiger partial charge in [-0.1, -0.05) is 23.7 Å². The maximum atomic E-state index is 11.2. The van der Waals surface area contributed by atoms with E-state index in [0.717, 1.165) is 11.1 Å². The highest BCUT2D eigenvalue weighted by Gasteiger charge is 2.28. The van der Waals surface area contributed by atoms with Crippen molar-refractivity contribution in [3.8, 4) is 11.5 Å². The highest BCUT2D eigenvalue weighted by Crippen LogP contribution is 2.38. The summed E-state index contributed by atoms with van der Waals surface area (Å²) >= 11 is 11.2. The number of nitro groups is 1. The highest BCUT2D eigenvalue weighted by atomic mass is 35.5. The third kappa shape index (κ3) is 3.22. The van der Waals surface area contributed by atoms with Gasteiger partial charge in [0, 0.05) is 23.3 Å². The average Bonchev–Trinajstić information content (AvgIpc) is 3.03. The van der Waals surface area contributed by atoms with Crippen LogP contribution in [0.15, 0.2) is 41.5 Å². The molecule has 9 heteroatoms. The Morgan fingerprint density at radius 1 is 1.33 bits per heavy atom. The molecule has 0 aliphatic carbocycles. The minimum Gasteiger partial charge on any atom is -0.454 e. The molecule has 2 aliphatic rings. The maximum Gasteiger partial charge on any atom is 0.270 e. The predicted molar refractivity (Wildman–Crippen MR) is 105 cm³/mol. The molecule has 1 unspecified atom stereocenters. The van der Waals surface area contributed by atoms with Crippen molar-refractivity contribution < 1.29 is 14.4 Å². The molecule has 0 N–H and O–H groups in total. The molecule has 0 saturated heterocycles.